The van der Waals surface area contributed by atoms with Crippen molar-refractivity contribution < 1.29 is 4.79 Å². The van der Waals surface area contributed by atoms with Gasteiger partial charge < -0.3 is 15.6 Å². The summed E-state index contributed by atoms with van der Waals surface area (Å²) in [5.74, 6) is 0.183. The van der Waals surface area contributed by atoms with Gasteiger partial charge in [0.2, 0.25) is 5.91 Å². The number of rotatable bonds is 5. The highest BCUT2D eigenvalue weighted by molar-refractivity contribution is 5.83. The summed E-state index contributed by atoms with van der Waals surface area (Å²) in [4.78, 5) is 15.1. The van der Waals surface area contributed by atoms with E-state index in [-0.39, 0.29) is 11.3 Å². The van der Waals surface area contributed by atoms with E-state index in [0.29, 0.717) is 6.54 Å². The Hall–Kier alpha value is -1.29. The summed E-state index contributed by atoms with van der Waals surface area (Å²) < 4.78 is 0. The Morgan fingerprint density at radius 3 is 2.88 bits per heavy atom. The molecule has 1 fully saturated rings. The molecule has 1 aromatic heterocycles. The first kappa shape index (κ1) is 11.2. The predicted molar refractivity (Wildman–Crippen MR) is 62.9 cm³/mol. The molecule has 4 heteroatoms. The van der Waals surface area contributed by atoms with Crippen LogP contribution in [0, 0.1) is 5.41 Å². The Morgan fingerprint density at radius 2 is 2.38 bits per heavy atom. The molecule has 0 bridgehead atoms. The Morgan fingerprint density at radius 1 is 1.56 bits per heavy atom. The van der Waals surface area contributed by atoms with E-state index in [1.54, 1.807) is 0 Å². The van der Waals surface area contributed by atoms with Gasteiger partial charge in [-0.25, -0.2) is 0 Å². The number of aromatic amines is 1. The molecule has 0 aliphatic heterocycles. The molecule has 0 saturated heterocycles. The van der Waals surface area contributed by atoms with Crippen molar-refractivity contribution in [3.05, 3.63) is 24.0 Å². The third kappa shape index (κ3) is 2.11. The highest BCUT2D eigenvalue weighted by Gasteiger charge is 2.43. The lowest BCUT2D eigenvalue weighted by molar-refractivity contribution is -0.135. The van der Waals surface area contributed by atoms with Gasteiger partial charge in [-0.2, -0.15) is 0 Å². The van der Waals surface area contributed by atoms with Gasteiger partial charge in [-0.05, 0) is 32.0 Å². The summed E-state index contributed by atoms with van der Waals surface area (Å²) >= 11 is 0. The van der Waals surface area contributed by atoms with E-state index in [0.717, 1.165) is 31.5 Å². The van der Waals surface area contributed by atoms with Crippen LogP contribution in [0.15, 0.2) is 18.3 Å². The van der Waals surface area contributed by atoms with E-state index < -0.39 is 0 Å². The van der Waals surface area contributed by atoms with Gasteiger partial charge in [0.1, 0.15) is 0 Å². The Kier molecular flexibility index (Phi) is 3.29. The van der Waals surface area contributed by atoms with Crippen molar-refractivity contribution in [3.63, 3.8) is 0 Å². The first-order valence-corrected chi connectivity index (χ1v) is 5.82. The number of nitrogens with one attached hydrogen (secondary N) is 3. The number of hydrogen-bond donors (Lipinski definition) is 3. The van der Waals surface area contributed by atoms with E-state index in [9.17, 15) is 4.79 Å². The molecule has 88 valence electrons. The largest absolute Gasteiger partial charge is 0.364 e. The van der Waals surface area contributed by atoms with Gasteiger partial charge in [-0.3, -0.25) is 4.79 Å². The van der Waals surface area contributed by atoms with Gasteiger partial charge in [0.25, 0.3) is 0 Å². The first-order valence-electron chi connectivity index (χ1n) is 5.82. The molecule has 0 radical (unpaired) electrons. The molecule has 1 aromatic rings. The lowest BCUT2D eigenvalue weighted by atomic mass is 9.68. The molecule has 4 nitrogen and oxygen atoms in total. The van der Waals surface area contributed by atoms with E-state index in [2.05, 4.69) is 15.6 Å². The maximum Gasteiger partial charge on any atom is 0.227 e. The number of hydrogen-bond acceptors (Lipinski definition) is 2. The van der Waals surface area contributed by atoms with Crippen LogP contribution in [0.3, 0.4) is 0 Å². The maximum absolute atomic E-state index is 12.1. The zero-order valence-corrected chi connectivity index (χ0v) is 9.68. The molecule has 0 spiro atoms. The number of carbonyl (C=O) groups is 1. The fraction of sp³-hybridized carbons (Fsp3) is 0.583. The molecule has 1 heterocycles. The Labute approximate surface area is 95.8 Å². The molecule has 1 aliphatic rings. The summed E-state index contributed by atoms with van der Waals surface area (Å²) in [6, 6.07) is 3.92. The van der Waals surface area contributed by atoms with Gasteiger partial charge in [0, 0.05) is 18.4 Å². The molecule has 0 unspecified atom stereocenters. The zero-order valence-electron chi connectivity index (χ0n) is 9.68. The lowest BCUT2D eigenvalue weighted by Crippen LogP contribution is -2.50. The topological polar surface area (TPSA) is 56.9 Å². The van der Waals surface area contributed by atoms with Crippen LogP contribution in [-0.2, 0) is 11.3 Å². The molecule has 2 rings (SSSR count). The first-order chi connectivity index (χ1) is 7.77. The smallest absolute Gasteiger partial charge is 0.227 e. The molecular formula is C12H19N3O. The quantitative estimate of drug-likeness (QED) is 0.695. The number of aromatic nitrogens is 1. The van der Waals surface area contributed by atoms with E-state index >= 15 is 0 Å². The molecule has 1 aliphatic carbocycles. The van der Waals surface area contributed by atoms with Crippen molar-refractivity contribution in [2.24, 2.45) is 5.41 Å². The van der Waals surface area contributed by atoms with E-state index in [1.807, 2.05) is 25.4 Å². The minimum absolute atomic E-state index is 0.151. The van der Waals surface area contributed by atoms with Gasteiger partial charge in [-0.1, -0.05) is 6.42 Å². The van der Waals surface area contributed by atoms with Crippen LogP contribution >= 0.6 is 0 Å². The Bertz CT molecular complexity index is 341. The van der Waals surface area contributed by atoms with Crippen LogP contribution in [0.5, 0.6) is 0 Å². The van der Waals surface area contributed by atoms with Crippen molar-refractivity contribution >= 4 is 5.91 Å². The fourth-order valence-corrected chi connectivity index (χ4v) is 2.27. The third-order valence-corrected chi connectivity index (χ3v) is 3.41. The normalized spacial score (nSPS) is 17.8. The molecule has 1 amide bonds. The monoisotopic (exact) mass is 221 g/mol. The average Bonchev–Trinajstić information content (AvgIpc) is 2.72. The number of H-pyrrole nitrogens is 1. The van der Waals surface area contributed by atoms with Crippen molar-refractivity contribution in [2.75, 3.05) is 13.6 Å². The number of amides is 1. The average molecular weight is 221 g/mol. The van der Waals surface area contributed by atoms with Crippen molar-refractivity contribution in [1.82, 2.24) is 15.6 Å². The second kappa shape index (κ2) is 4.70. The Balaban J connectivity index is 1.87. The summed E-state index contributed by atoms with van der Waals surface area (Å²) in [6.07, 6.45) is 5.04. The predicted octanol–water partition coefficient (Wildman–Crippen LogP) is 1.02. The fourth-order valence-electron chi connectivity index (χ4n) is 2.27. The zero-order chi connectivity index (χ0) is 11.4. The molecular weight excluding hydrogens is 202 g/mol. The van der Waals surface area contributed by atoms with Crippen molar-refractivity contribution in [2.45, 2.75) is 25.8 Å². The minimum Gasteiger partial charge on any atom is -0.364 e. The second-order valence-corrected chi connectivity index (χ2v) is 4.54. The molecule has 0 atom stereocenters. The summed E-state index contributed by atoms with van der Waals surface area (Å²) in [7, 11) is 1.90. The lowest BCUT2D eigenvalue weighted by Gasteiger charge is -2.40. The van der Waals surface area contributed by atoms with Crippen LogP contribution in [0.4, 0.5) is 0 Å². The molecule has 1 saturated carbocycles. The summed E-state index contributed by atoms with van der Waals surface area (Å²) in [5.41, 5.74) is 0.897. The van der Waals surface area contributed by atoms with Crippen LogP contribution in [0.2, 0.25) is 0 Å². The van der Waals surface area contributed by atoms with Gasteiger partial charge >= 0.3 is 0 Å². The summed E-state index contributed by atoms with van der Waals surface area (Å²) in [5, 5.41) is 6.12. The minimum atomic E-state index is -0.151. The molecule has 3 N–H and O–H groups in total. The van der Waals surface area contributed by atoms with E-state index in [4.69, 9.17) is 0 Å². The van der Waals surface area contributed by atoms with Gasteiger partial charge in [-0.15, -0.1) is 0 Å². The number of carbonyl (C=O) groups excluding carboxylic acids is 1. The van der Waals surface area contributed by atoms with Crippen LogP contribution < -0.4 is 10.6 Å². The van der Waals surface area contributed by atoms with Crippen molar-refractivity contribution in [3.8, 4) is 0 Å². The van der Waals surface area contributed by atoms with Crippen LogP contribution in [0.25, 0.3) is 0 Å². The van der Waals surface area contributed by atoms with Crippen LogP contribution in [-0.4, -0.2) is 24.5 Å². The van der Waals surface area contributed by atoms with Crippen molar-refractivity contribution in [1.29, 1.82) is 0 Å². The maximum atomic E-state index is 12.1. The van der Waals surface area contributed by atoms with Gasteiger partial charge in [0.05, 0.1) is 12.0 Å². The van der Waals surface area contributed by atoms with Crippen LogP contribution in [0.1, 0.15) is 25.0 Å². The highest BCUT2D eigenvalue weighted by Crippen LogP contribution is 2.40. The second-order valence-electron chi connectivity index (χ2n) is 4.54. The highest BCUT2D eigenvalue weighted by atomic mass is 16.2. The molecule has 0 aromatic carbocycles. The standard InChI is InChI=1S/C12H19N3O/c1-13-9-12(5-3-6-12)11(16)15-8-10-4-2-7-14-10/h2,4,7,13-14H,3,5-6,8-9H2,1H3,(H,15,16). The van der Waals surface area contributed by atoms with Gasteiger partial charge in [0.15, 0.2) is 0 Å². The van der Waals surface area contributed by atoms with E-state index in [1.165, 1.54) is 0 Å². The third-order valence-electron chi connectivity index (χ3n) is 3.41. The molecule has 16 heavy (non-hydrogen) atoms. The SMILES string of the molecule is CNCC1(C(=O)NCc2ccc[nH]2)CCC1. The summed E-state index contributed by atoms with van der Waals surface area (Å²) in [6.45, 7) is 1.38.